The summed E-state index contributed by atoms with van der Waals surface area (Å²) in [7, 11) is 0. The fraction of sp³-hybridized carbons (Fsp3) is 0.385. The van der Waals surface area contributed by atoms with Gasteiger partial charge in [0.25, 0.3) is 5.91 Å². The number of ether oxygens (including phenoxy) is 1. The Hall–Kier alpha value is -3.52. The van der Waals surface area contributed by atoms with Crippen molar-refractivity contribution in [1.82, 2.24) is 24.8 Å². The molecule has 0 unspecified atom stereocenters. The van der Waals surface area contributed by atoms with Gasteiger partial charge in [-0.1, -0.05) is 65.9 Å². The first kappa shape index (κ1) is 22.3. The van der Waals surface area contributed by atoms with Crippen molar-refractivity contribution in [2.45, 2.75) is 38.5 Å². The fourth-order valence-electron chi connectivity index (χ4n) is 4.60. The third-order valence-corrected chi connectivity index (χ3v) is 6.59. The maximum atomic E-state index is 13.1. The lowest BCUT2D eigenvalue weighted by Gasteiger charge is -2.34. The predicted molar refractivity (Wildman–Crippen MR) is 126 cm³/mol. The number of amides is 2. The highest BCUT2D eigenvalue weighted by Crippen LogP contribution is 2.27. The summed E-state index contributed by atoms with van der Waals surface area (Å²) in [4.78, 5) is 29.4. The minimum absolute atomic E-state index is 0.102. The van der Waals surface area contributed by atoms with E-state index in [9.17, 15) is 9.59 Å². The summed E-state index contributed by atoms with van der Waals surface area (Å²) in [5.41, 5.74) is 3.41. The average molecular weight is 460 g/mol. The number of nitrogens with zero attached hydrogens (tertiary/aromatic N) is 5. The number of aryl methyl sites for hydroxylation is 1. The molecule has 5 rings (SSSR count). The number of aromatic nitrogens is 3. The highest BCUT2D eigenvalue weighted by Gasteiger charge is 2.31. The number of hydrogen-bond donors (Lipinski definition) is 0. The summed E-state index contributed by atoms with van der Waals surface area (Å²) in [6.07, 6.45) is 2.16. The number of piperazine rings is 1. The van der Waals surface area contributed by atoms with E-state index in [0.717, 1.165) is 24.1 Å². The minimum atomic E-state index is -0.140. The molecular formula is C26H29N5O3. The van der Waals surface area contributed by atoms with Gasteiger partial charge in [-0.25, -0.2) is 4.68 Å². The zero-order valence-electron chi connectivity index (χ0n) is 19.2. The van der Waals surface area contributed by atoms with Crippen LogP contribution in [0, 0.1) is 0 Å². The van der Waals surface area contributed by atoms with Gasteiger partial charge >= 0.3 is 0 Å². The van der Waals surface area contributed by atoms with Crippen molar-refractivity contribution in [1.29, 1.82) is 0 Å². The molecule has 1 aromatic heterocycles. The fourth-order valence-corrected chi connectivity index (χ4v) is 4.60. The van der Waals surface area contributed by atoms with Crippen molar-refractivity contribution in [2.75, 3.05) is 26.2 Å². The van der Waals surface area contributed by atoms with Crippen molar-refractivity contribution in [2.24, 2.45) is 0 Å². The first-order chi connectivity index (χ1) is 16.7. The quantitative estimate of drug-likeness (QED) is 0.566. The Labute approximate surface area is 199 Å². The average Bonchev–Trinajstić information content (AvgIpc) is 3.33. The van der Waals surface area contributed by atoms with Crippen LogP contribution in [0.1, 0.15) is 46.3 Å². The van der Waals surface area contributed by atoms with E-state index in [1.807, 2.05) is 53.4 Å². The maximum absolute atomic E-state index is 13.1. The first-order valence-electron chi connectivity index (χ1n) is 11.9. The van der Waals surface area contributed by atoms with Gasteiger partial charge in [-0.15, -0.1) is 5.10 Å². The van der Waals surface area contributed by atoms with Crippen LogP contribution in [0.25, 0.3) is 0 Å². The van der Waals surface area contributed by atoms with E-state index in [0.29, 0.717) is 51.4 Å². The number of hydrogen-bond acceptors (Lipinski definition) is 5. The van der Waals surface area contributed by atoms with Gasteiger partial charge in [0, 0.05) is 32.6 Å². The zero-order valence-corrected chi connectivity index (χ0v) is 19.2. The van der Waals surface area contributed by atoms with E-state index in [-0.39, 0.29) is 17.9 Å². The largest absolute Gasteiger partial charge is 0.365 e. The summed E-state index contributed by atoms with van der Waals surface area (Å²) < 4.78 is 7.80. The van der Waals surface area contributed by atoms with Crippen molar-refractivity contribution < 1.29 is 14.3 Å². The molecule has 0 radical (unpaired) electrons. The normalized spacial score (nSPS) is 17.9. The number of carbonyl (C=O) groups is 2. The van der Waals surface area contributed by atoms with Gasteiger partial charge in [0.05, 0.1) is 18.8 Å². The first-order valence-corrected chi connectivity index (χ1v) is 11.9. The van der Waals surface area contributed by atoms with Crippen molar-refractivity contribution in [3.63, 3.8) is 0 Å². The summed E-state index contributed by atoms with van der Waals surface area (Å²) in [6.45, 7) is 2.93. The molecule has 1 atom stereocenters. The van der Waals surface area contributed by atoms with E-state index in [2.05, 4.69) is 22.4 Å². The van der Waals surface area contributed by atoms with Crippen LogP contribution < -0.4 is 0 Å². The number of carbonyl (C=O) groups excluding carboxylic acids is 2. The van der Waals surface area contributed by atoms with Crippen molar-refractivity contribution >= 4 is 11.8 Å². The van der Waals surface area contributed by atoms with Gasteiger partial charge in [-0.05, 0) is 24.0 Å². The number of benzene rings is 2. The van der Waals surface area contributed by atoms with Gasteiger partial charge in [0.15, 0.2) is 5.69 Å². The van der Waals surface area contributed by atoms with Gasteiger partial charge in [0.2, 0.25) is 5.91 Å². The minimum Gasteiger partial charge on any atom is -0.365 e. The summed E-state index contributed by atoms with van der Waals surface area (Å²) in [5.74, 6) is 0.0172. The highest BCUT2D eigenvalue weighted by atomic mass is 16.5. The van der Waals surface area contributed by atoms with Gasteiger partial charge in [-0.3, -0.25) is 9.59 Å². The van der Waals surface area contributed by atoms with Gasteiger partial charge in [-0.2, -0.15) is 0 Å². The smallest absolute Gasteiger partial charge is 0.276 e. The second kappa shape index (κ2) is 10.2. The second-order valence-electron chi connectivity index (χ2n) is 8.79. The van der Waals surface area contributed by atoms with Crippen LogP contribution in [0.3, 0.4) is 0 Å². The molecule has 176 valence electrons. The molecule has 8 heteroatoms. The van der Waals surface area contributed by atoms with E-state index in [4.69, 9.17) is 4.74 Å². The third kappa shape index (κ3) is 4.87. The van der Waals surface area contributed by atoms with E-state index in [1.165, 1.54) is 5.56 Å². The molecular weight excluding hydrogens is 430 g/mol. The molecule has 0 saturated carbocycles. The Balaban J connectivity index is 1.12. The molecule has 0 aliphatic carbocycles. The van der Waals surface area contributed by atoms with E-state index >= 15 is 0 Å². The molecule has 8 nitrogen and oxygen atoms in total. The Bertz CT molecular complexity index is 1120. The van der Waals surface area contributed by atoms with Crippen LogP contribution in [0.5, 0.6) is 0 Å². The molecule has 34 heavy (non-hydrogen) atoms. The molecule has 3 aromatic rings. The summed E-state index contributed by atoms with van der Waals surface area (Å²) >= 11 is 0. The summed E-state index contributed by atoms with van der Waals surface area (Å²) in [6, 6.07) is 20.2. The number of fused-ring (bicyclic) bond motifs is 1. The van der Waals surface area contributed by atoms with Crippen molar-refractivity contribution in [3.05, 3.63) is 83.2 Å². The lowest BCUT2D eigenvalue weighted by molar-refractivity contribution is -0.132. The molecule has 2 aliphatic rings. The molecule has 2 aliphatic heterocycles. The molecule has 1 fully saturated rings. The van der Waals surface area contributed by atoms with E-state index in [1.54, 1.807) is 9.58 Å². The van der Waals surface area contributed by atoms with E-state index < -0.39 is 0 Å². The Morgan fingerprint density at radius 3 is 2.32 bits per heavy atom. The van der Waals surface area contributed by atoms with Gasteiger partial charge in [0.1, 0.15) is 6.10 Å². The van der Waals surface area contributed by atoms with Crippen LogP contribution in [-0.4, -0.2) is 62.8 Å². The lowest BCUT2D eigenvalue weighted by atomic mass is 10.1. The van der Waals surface area contributed by atoms with Crippen molar-refractivity contribution in [3.8, 4) is 0 Å². The zero-order chi connectivity index (χ0) is 23.3. The van der Waals surface area contributed by atoms with Crippen LogP contribution in [0.15, 0.2) is 60.7 Å². The van der Waals surface area contributed by atoms with Crippen LogP contribution in [-0.2, 0) is 29.1 Å². The molecule has 0 bridgehead atoms. The Morgan fingerprint density at radius 2 is 1.59 bits per heavy atom. The topological polar surface area (TPSA) is 80.6 Å². The second-order valence-corrected chi connectivity index (χ2v) is 8.79. The van der Waals surface area contributed by atoms with Crippen LogP contribution in [0.2, 0.25) is 0 Å². The molecule has 0 spiro atoms. The maximum Gasteiger partial charge on any atom is 0.276 e. The Kier molecular flexibility index (Phi) is 6.67. The van der Waals surface area contributed by atoms with Crippen LogP contribution in [0.4, 0.5) is 0 Å². The lowest BCUT2D eigenvalue weighted by Crippen LogP contribution is -2.50. The molecule has 2 aromatic carbocycles. The molecule has 0 N–H and O–H groups in total. The predicted octanol–water partition coefficient (Wildman–Crippen LogP) is 2.86. The molecule has 2 amide bonds. The highest BCUT2D eigenvalue weighted by molar-refractivity contribution is 5.93. The molecule has 1 saturated heterocycles. The molecule has 3 heterocycles. The summed E-state index contributed by atoms with van der Waals surface area (Å²) in [5, 5.41) is 8.41. The number of rotatable bonds is 6. The Morgan fingerprint density at radius 1 is 0.912 bits per heavy atom. The third-order valence-electron chi connectivity index (χ3n) is 6.59. The van der Waals surface area contributed by atoms with Gasteiger partial charge < -0.3 is 14.5 Å². The van der Waals surface area contributed by atoms with Crippen LogP contribution >= 0.6 is 0 Å². The monoisotopic (exact) mass is 459 g/mol. The SMILES string of the molecule is O=C(CCCc1ccccc1)N1CCN(C(=O)c2nnn3c2CO[C@H](c2ccccc2)C3)CC1. The standard InChI is InChI=1S/C26H29N5O3/c32-24(13-7-10-20-8-3-1-4-9-20)29-14-16-30(17-15-29)26(33)25-22-19-34-23(18-31(22)28-27-25)21-11-5-2-6-12-21/h1-6,8-9,11-12,23H,7,10,13-19H2/t23-/m0/s1.